The zero-order chi connectivity index (χ0) is 24.6. The van der Waals surface area contributed by atoms with Crippen LogP contribution in [-0.4, -0.2) is 34.9 Å². The number of hydrogen-bond donors (Lipinski definition) is 1. The Morgan fingerprint density at radius 1 is 0.944 bits per heavy atom. The topological polar surface area (TPSA) is 58.1 Å². The molecule has 1 saturated heterocycles. The maximum Gasteiger partial charge on any atom is 0.224 e. The number of piperidine rings is 1. The number of hydrogen-bond acceptors (Lipinski definition) is 5. The lowest BCUT2D eigenvalue weighted by atomic mass is 9.88. The molecule has 0 radical (unpaired) electrons. The lowest BCUT2D eigenvalue weighted by Crippen LogP contribution is -2.43. The summed E-state index contributed by atoms with van der Waals surface area (Å²) in [6, 6.07) is 31.4. The number of nitrogens with one attached hydrogen (secondary N) is 1. The molecule has 0 aliphatic carbocycles. The molecule has 36 heavy (non-hydrogen) atoms. The van der Waals surface area contributed by atoms with Gasteiger partial charge in [0, 0.05) is 43.5 Å². The van der Waals surface area contributed by atoms with Crippen molar-refractivity contribution in [2.24, 2.45) is 5.92 Å². The molecular formula is C30H32N4OS. The minimum Gasteiger partial charge on any atom is -0.356 e. The van der Waals surface area contributed by atoms with Crippen molar-refractivity contribution in [2.75, 3.05) is 24.5 Å². The molecule has 1 fully saturated rings. The monoisotopic (exact) mass is 496 g/mol. The second-order valence-electron chi connectivity index (χ2n) is 9.39. The second-order valence-corrected chi connectivity index (χ2v) is 10.1. The maximum absolute atomic E-state index is 13.1. The fourth-order valence-electron chi connectivity index (χ4n) is 4.97. The minimum atomic E-state index is -0.0212. The molecule has 184 valence electrons. The molecule has 0 bridgehead atoms. The number of aromatic nitrogens is 2. The van der Waals surface area contributed by atoms with Crippen LogP contribution in [0.2, 0.25) is 0 Å². The maximum atomic E-state index is 13.1. The molecular weight excluding hydrogens is 464 g/mol. The van der Waals surface area contributed by atoms with E-state index in [9.17, 15) is 4.79 Å². The molecule has 5 nitrogen and oxygen atoms in total. The number of amides is 1. The molecule has 3 aromatic carbocycles. The molecule has 4 aromatic rings. The van der Waals surface area contributed by atoms with Gasteiger partial charge in [0.15, 0.2) is 0 Å². The number of carbonyl (C=O) groups excluding carboxylic acids is 1. The molecule has 1 N–H and O–H groups in total. The van der Waals surface area contributed by atoms with E-state index in [0.29, 0.717) is 13.1 Å². The van der Waals surface area contributed by atoms with E-state index in [1.807, 2.05) is 30.3 Å². The first kappa shape index (κ1) is 24.2. The minimum absolute atomic E-state index is 0.0212. The van der Waals surface area contributed by atoms with Crippen LogP contribution in [0.1, 0.15) is 47.7 Å². The zero-order valence-corrected chi connectivity index (χ0v) is 21.2. The van der Waals surface area contributed by atoms with Crippen molar-refractivity contribution in [3.63, 3.8) is 0 Å². The van der Waals surface area contributed by atoms with E-state index in [4.69, 9.17) is 4.98 Å². The van der Waals surface area contributed by atoms with Gasteiger partial charge < -0.3 is 10.2 Å². The number of carbonyl (C=O) groups is 1. The van der Waals surface area contributed by atoms with E-state index < -0.39 is 0 Å². The number of nitrogens with zero attached hydrogens (tertiary/aromatic N) is 3. The van der Waals surface area contributed by atoms with E-state index in [1.165, 1.54) is 28.2 Å². The highest BCUT2D eigenvalue weighted by molar-refractivity contribution is 7.09. The largest absolute Gasteiger partial charge is 0.356 e. The number of benzene rings is 3. The van der Waals surface area contributed by atoms with Crippen LogP contribution in [-0.2, 0) is 11.2 Å². The molecule has 1 aromatic heterocycles. The SMILES string of the molecule is O=C(NCCC(c1ccccc1)c1ccccc1)C1CCCN(c2nc(Cc3ccccc3)ns2)C1. The Balaban J connectivity index is 1.16. The molecule has 0 spiro atoms. The number of anilines is 1. The fraction of sp³-hybridized carbons (Fsp3) is 0.300. The Bertz CT molecular complexity index is 1190. The lowest BCUT2D eigenvalue weighted by Gasteiger charge is -2.31. The van der Waals surface area contributed by atoms with E-state index >= 15 is 0 Å². The van der Waals surface area contributed by atoms with Crippen molar-refractivity contribution in [3.05, 3.63) is 114 Å². The van der Waals surface area contributed by atoms with Crippen molar-refractivity contribution >= 4 is 22.6 Å². The first-order valence-corrected chi connectivity index (χ1v) is 13.5. The van der Waals surface area contributed by atoms with Crippen LogP contribution in [0.4, 0.5) is 5.13 Å². The van der Waals surface area contributed by atoms with E-state index in [0.717, 1.165) is 43.2 Å². The highest BCUT2D eigenvalue weighted by Crippen LogP contribution is 2.28. The van der Waals surface area contributed by atoms with Gasteiger partial charge in [-0.25, -0.2) is 4.98 Å². The predicted molar refractivity (Wildman–Crippen MR) is 146 cm³/mol. The fourth-order valence-corrected chi connectivity index (χ4v) is 5.69. The van der Waals surface area contributed by atoms with Crippen molar-refractivity contribution in [2.45, 2.75) is 31.6 Å². The quantitative estimate of drug-likeness (QED) is 0.324. The van der Waals surface area contributed by atoms with Gasteiger partial charge in [-0.15, -0.1) is 0 Å². The van der Waals surface area contributed by atoms with Gasteiger partial charge in [-0.1, -0.05) is 91.0 Å². The molecule has 1 atom stereocenters. The molecule has 0 saturated carbocycles. The average Bonchev–Trinajstić information content (AvgIpc) is 3.41. The van der Waals surface area contributed by atoms with Crippen molar-refractivity contribution < 1.29 is 4.79 Å². The molecule has 2 heterocycles. The summed E-state index contributed by atoms with van der Waals surface area (Å²) in [5, 5.41) is 4.16. The third kappa shape index (κ3) is 6.18. The van der Waals surface area contributed by atoms with Crippen LogP contribution in [0.5, 0.6) is 0 Å². The summed E-state index contributed by atoms with van der Waals surface area (Å²) < 4.78 is 4.57. The summed E-state index contributed by atoms with van der Waals surface area (Å²) in [7, 11) is 0. The lowest BCUT2D eigenvalue weighted by molar-refractivity contribution is -0.125. The third-order valence-corrected chi connectivity index (χ3v) is 7.68. The van der Waals surface area contributed by atoms with Gasteiger partial charge in [0.05, 0.1) is 5.92 Å². The Kier molecular flexibility index (Phi) is 8.03. The Morgan fingerprint density at radius 2 is 1.58 bits per heavy atom. The third-order valence-electron chi connectivity index (χ3n) is 6.86. The molecule has 6 heteroatoms. The summed E-state index contributed by atoms with van der Waals surface area (Å²) in [6.45, 7) is 2.28. The smallest absolute Gasteiger partial charge is 0.224 e. The molecule has 5 rings (SSSR count). The van der Waals surface area contributed by atoms with Crippen molar-refractivity contribution in [3.8, 4) is 0 Å². The normalized spacial score (nSPS) is 15.7. The zero-order valence-electron chi connectivity index (χ0n) is 20.4. The molecule has 1 unspecified atom stereocenters. The van der Waals surface area contributed by atoms with Gasteiger partial charge >= 0.3 is 0 Å². The first-order chi connectivity index (χ1) is 17.8. The average molecular weight is 497 g/mol. The standard InChI is InChI=1S/C30H32N4OS/c35-29(31-19-18-27(24-13-6-2-7-14-24)25-15-8-3-9-16-25)26-17-10-20-34(22-26)30-32-28(33-36-30)21-23-11-4-1-5-12-23/h1-9,11-16,26-27H,10,17-22H2,(H,31,35). The van der Waals surface area contributed by atoms with Gasteiger partial charge in [-0.2, -0.15) is 4.37 Å². The van der Waals surface area contributed by atoms with Crippen molar-refractivity contribution in [1.82, 2.24) is 14.7 Å². The van der Waals surface area contributed by atoms with Crippen LogP contribution in [0, 0.1) is 5.92 Å². The highest BCUT2D eigenvalue weighted by atomic mass is 32.1. The van der Waals surface area contributed by atoms with Gasteiger partial charge in [0.25, 0.3) is 0 Å². The van der Waals surface area contributed by atoms with Crippen LogP contribution in [0.3, 0.4) is 0 Å². The Labute approximate surface area is 217 Å². The van der Waals surface area contributed by atoms with Gasteiger partial charge in [-0.3, -0.25) is 4.79 Å². The summed E-state index contributed by atoms with van der Waals surface area (Å²) in [4.78, 5) is 20.1. The van der Waals surface area contributed by atoms with Crippen molar-refractivity contribution in [1.29, 1.82) is 0 Å². The van der Waals surface area contributed by atoms with E-state index in [-0.39, 0.29) is 17.7 Å². The molecule has 1 aliphatic heterocycles. The predicted octanol–water partition coefficient (Wildman–Crippen LogP) is 5.68. The highest BCUT2D eigenvalue weighted by Gasteiger charge is 2.27. The van der Waals surface area contributed by atoms with Gasteiger partial charge in [0.2, 0.25) is 11.0 Å². The first-order valence-electron chi connectivity index (χ1n) is 12.8. The van der Waals surface area contributed by atoms with Crippen LogP contribution >= 0.6 is 11.5 Å². The van der Waals surface area contributed by atoms with E-state index in [1.54, 1.807) is 0 Å². The molecule has 1 amide bonds. The molecule has 1 aliphatic rings. The summed E-state index contributed by atoms with van der Waals surface area (Å²) >= 11 is 1.44. The summed E-state index contributed by atoms with van der Waals surface area (Å²) in [5.74, 6) is 1.24. The van der Waals surface area contributed by atoms with E-state index in [2.05, 4.69) is 75.3 Å². The Hall–Kier alpha value is -3.51. The Morgan fingerprint density at radius 3 is 2.25 bits per heavy atom. The van der Waals surface area contributed by atoms with Gasteiger partial charge in [0.1, 0.15) is 5.82 Å². The van der Waals surface area contributed by atoms with Gasteiger partial charge in [-0.05, 0) is 36.0 Å². The number of rotatable bonds is 9. The van der Waals surface area contributed by atoms with Crippen LogP contribution in [0.25, 0.3) is 0 Å². The summed E-state index contributed by atoms with van der Waals surface area (Å²) in [6.07, 6.45) is 3.51. The summed E-state index contributed by atoms with van der Waals surface area (Å²) in [5.41, 5.74) is 3.77. The van der Waals surface area contributed by atoms with Crippen LogP contribution < -0.4 is 10.2 Å². The second kappa shape index (κ2) is 12.0. The van der Waals surface area contributed by atoms with Crippen LogP contribution in [0.15, 0.2) is 91.0 Å².